The lowest BCUT2D eigenvalue weighted by Crippen LogP contribution is -2.42. The molecular formula is C19H17N5O3. The lowest BCUT2D eigenvalue weighted by Gasteiger charge is -2.22. The number of nitrogens with one attached hydrogen (secondary N) is 1. The van der Waals surface area contributed by atoms with E-state index < -0.39 is 23.0 Å². The Morgan fingerprint density at radius 3 is 2.48 bits per heavy atom. The summed E-state index contributed by atoms with van der Waals surface area (Å²) in [7, 11) is 0. The molecule has 4 rings (SSSR count). The Morgan fingerprint density at radius 2 is 1.74 bits per heavy atom. The van der Waals surface area contributed by atoms with E-state index in [4.69, 9.17) is 0 Å². The smallest absolute Gasteiger partial charge is 0.319 e. The van der Waals surface area contributed by atoms with Crippen molar-refractivity contribution in [1.82, 2.24) is 25.2 Å². The molecule has 3 aromatic rings. The Hall–Kier alpha value is -3.55. The van der Waals surface area contributed by atoms with Crippen molar-refractivity contribution < 1.29 is 9.59 Å². The van der Waals surface area contributed by atoms with Crippen LogP contribution in [0.2, 0.25) is 0 Å². The van der Waals surface area contributed by atoms with E-state index in [-0.39, 0.29) is 6.67 Å². The fourth-order valence-corrected chi connectivity index (χ4v) is 3.16. The van der Waals surface area contributed by atoms with Crippen molar-refractivity contribution in [1.29, 1.82) is 0 Å². The first-order valence-electron chi connectivity index (χ1n) is 8.44. The van der Waals surface area contributed by atoms with Crippen molar-refractivity contribution in [3.63, 3.8) is 0 Å². The quantitative estimate of drug-likeness (QED) is 0.712. The molecule has 8 nitrogen and oxygen atoms in total. The van der Waals surface area contributed by atoms with Gasteiger partial charge in [0.05, 0.1) is 5.39 Å². The van der Waals surface area contributed by atoms with E-state index in [1.54, 1.807) is 43.3 Å². The fourth-order valence-electron chi connectivity index (χ4n) is 3.16. The Morgan fingerprint density at radius 1 is 1.04 bits per heavy atom. The van der Waals surface area contributed by atoms with Crippen LogP contribution in [0.15, 0.2) is 53.3 Å². The van der Waals surface area contributed by atoms with Gasteiger partial charge in [0.1, 0.15) is 17.7 Å². The van der Waals surface area contributed by atoms with Gasteiger partial charge in [-0.05, 0) is 31.5 Å². The van der Waals surface area contributed by atoms with Crippen molar-refractivity contribution in [3.05, 3.63) is 70.0 Å². The van der Waals surface area contributed by atoms with Gasteiger partial charge in [-0.1, -0.05) is 47.2 Å². The van der Waals surface area contributed by atoms with E-state index in [2.05, 4.69) is 15.6 Å². The maximum Gasteiger partial charge on any atom is 0.326 e. The summed E-state index contributed by atoms with van der Waals surface area (Å²) in [5, 5.41) is 10.9. The minimum absolute atomic E-state index is 0.303. The number of benzene rings is 2. The molecule has 1 atom stereocenters. The summed E-state index contributed by atoms with van der Waals surface area (Å²) < 4.78 is 1.01. The zero-order valence-corrected chi connectivity index (χ0v) is 14.8. The second kappa shape index (κ2) is 6.01. The van der Waals surface area contributed by atoms with Crippen molar-refractivity contribution in [2.75, 3.05) is 0 Å². The van der Waals surface area contributed by atoms with Crippen LogP contribution in [0.4, 0.5) is 4.79 Å². The number of hydrogen-bond donors (Lipinski definition) is 1. The molecule has 1 N–H and O–H groups in total. The standard InChI is InChI=1S/C19H17N5O3/c1-12-7-9-13(10-8-12)19(2)17(26)23(18(27)20-19)11-24-16(25)14-5-3-4-6-15(14)21-22-24/h3-10H,11H2,1-2H3,(H,20,27)/t19-/m0/s1. The van der Waals surface area contributed by atoms with E-state index in [0.29, 0.717) is 16.5 Å². The molecule has 0 radical (unpaired) electrons. The van der Waals surface area contributed by atoms with E-state index in [9.17, 15) is 14.4 Å². The molecule has 0 unspecified atom stereocenters. The average Bonchev–Trinajstić information content (AvgIpc) is 2.88. The maximum atomic E-state index is 13.0. The molecule has 0 bridgehead atoms. The summed E-state index contributed by atoms with van der Waals surface area (Å²) in [5.74, 6) is -0.446. The highest BCUT2D eigenvalue weighted by molar-refractivity contribution is 6.06. The monoisotopic (exact) mass is 363 g/mol. The number of fused-ring (bicyclic) bond motifs is 1. The molecule has 1 saturated heterocycles. The first-order valence-corrected chi connectivity index (χ1v) is 8.44. The zero-order valence-electron chi connectivity index (χ0n) is 14.8. The lowest BCUT2D eigenvalue weighted by atomic mass is 9.91. The molecule has 2 heterocycles. The van der Waals surface area contributed by atoms with Gasteiger partial charge < -0.3 is 5.32 Å². The van der Waals surface area contributed by atoms with Gasteiger partial charge in [-0.15, -0.1) is 5.10 Å². The van der Waals surface area contributed by atoms with E-state index in [1.807, 2.05) is 19.1 Å². The number of aromatic nitrogens is 3. The van der Waals surface area contributed by atoms with Crippen molar-refractivity contribution in [2.24, 2.45) is 0 Å². The van der Waals surface area contributed by atoms with Crippen molar-refractivity contribution in [3.8, 4) is 0 Å². The highest BCUT2D eigenvalue weighted by atomic mass is 16.2. The number of hydrogen-bond acceptors (Lipinski definition) is 5. The third kappa shape index (κ3) is 2.66. The molecule has 0 spiro atoms. The summed E-state index contributed by atoms with van der Waals surface area (Å²) in [5.41, 5.74) is 0.573. The molecule has 0 saturated carbocycles. The van der Waals surface area contributed by atoms with Crippen LogP contribution >= 0.6 is 0 Å². The van der Waals surface area contributed by atoms with Gasteiger partial charge in [-0.3, -0.25) is 9.59 Å². The number of carbonyl (C=O) groups is 2. The fraction of sp³-hybridized carbons (Fsp3) is 0.211. The summed E-state index contributed by atoms with van der Waals surface area (Å²) >= 11 is 0. The topological polar surface area (TPSA) is 97.2 Å². The third-order valence-electron chi connectivity index (χ3n) is 4.81. The van der Waals surface area contributed by atoms with Gasteiger partial charge in [-0.2, -0.15) is 4.68 Å². The summed E-state index contributed by atoms with van der Waals surface area (Å²) in [4.78, 5) is 39.0. The number of nitrogens with zero attached hydrogens (tertiary/aromatic N) is 4. The Balaban J connectivity index is 1.68. The Bertz CT molecular complexity index is 1120. The average molecular weight is 363 g/mol. The molecule has 1 aliphatic heterocycles. The minimum atomic E-state index is -1.20. The Labute approximate surface area is 154 Å². The second-order valence-electron chi connectivity index (χ2n) is 6.71. The molecule has 8 heteroatoms. The largest absolute Gasteiger partial charge is 0.326 e. The summed E-state index contributed by atoms with van der Waals surface area (Å²) in [6.07, 6.45) is 0. The van der Waals surface area contributed by atoms with Gasteiger partial charge in [0, 0.05) is 0 Å². The first kappa shape index (κ1) is 16.9. The maximum absolute atomic E-state index is 13.0. The summed E-state index contributed by atoms with van der Waals surface area (Å²) in [6.45, 7) is 3.29. The van der Waals surface area contributed by atoms with Crippen LogP contribution in [0.3, 0.4) is 0 Å². The van der Waals surface area contributed by atoms with Crippen LogP contribution in [0, 0.1) is 6.92 Å². The van der Waals surface area contributed by atoms with Crippen LogP contribution in [0.25, 0.3) is 10.9 Å². The number of aryl methyl sites for hydroxylation is 1. The van der Waals surface area contributed by atoms with Crippen LogP contribution in [-0.4, -0.2) is 31.8 Å². The van der Waals surface area contributed by atoms with Crippen LogP contribution in [0.1, 0.15) is 18.1 Å². The molecule has 1 fully saturated rings. The van der Waals surface area contributed by atoms with Crippen molar-refractivity contribution in [2.45, 2.75) is 26.1 Å². The number of imide groups is 1. The van der Waals surface area contributed by atoms with Crippen molar-refractivity contribution >= 4 is 22.8 Å². The zero-order chi connectivity index (χ0) is 19.2. The molecule has 136 valence electrons. The number of rotatable bonds is 3. The predicted molar refractivity (Wildman–Crippen MR) is 97.7 cm³/mol. The van der Waals surface area contributed by atoms with Gasteiger partial charge in [0.2, 0.25) is 0 Å². The number of carbonyl (C=O) groups excluding carboxylic acids is 2. The molecule has 0 aliphatic carbocycles. The van der Waals surface area contributed by atoms with E-state index >= 15 is 0 Å². The molecule has 3 amide bonds. The van der Waals surface area contributed by atoms with E-state index in [1.165, 1.54) is 0 Å². The summed E-state index contributed by atoms with van der Waals surface area (Å²) in [6, 6.07) is 13.6. The SMILES string of the molecule is Cc1ccc([C@]2(C)NC(=O)N(Cn3nnc4ccccc4c3=O)C2=O)cc1. The van der Waals surface area contributed by atoms with Gasteiger partial charge in [-0.25, -0.2) is 9.69 Å². The molecule has 1 aliphatic rings. The highest BCUT2D eigenvalue weighted by Gasteiger charge is 2.49. The molecular weight excluding hydrogens is 346 g/mol. The van der Waals surface area contributed by atoms with Gasteiger partial charge in [0.15, 0.2) is 0 Å². The van der Waals surface area contributed by atoms with Gasteiger partial charge in [0.25, 0.3) is 11.5 Å². The molecule has 1 aromatic heterocycles. The Kier molecular flexibility index (Phi) is 3.76. The van der Waals surface area contributed by atoms with Crippen LogP contribution in [-0.2, 0) is 17.0 Å². The van der Waals surface area contributed by atoms with Gasteiger partial charge >= 0.3 is 6.03 Å². The van der Waals surface area contributed by atoms with E-state index in [0.717, 1.165) is 15.1 Å². The minimum Gasteiger partial charge on any atom is -0.319 e. The van der Waals surface area contributed by atoms with Crippen LogP contribution in [0.5, 0.6) is 0 Å². The number of urea groups is 1. The first-order chi connectivity index (χ1) is 12.9. The second-order valence-corrected chi connectivity index (χ2v) is 6.71. The molecule has 27 heavy (non-hydrogen) atoms. The lowest BCUT2D eigenvalue weighted by molar-refractivity contribution is -0.132. The number of amides is 3. The third-order valence-corrected chi connectivity index (χ3v) is 4.81. The molecule has 2 aromatic carbocycles. The predicted octanol–water partition coefficient (Wildman–Crippen LogP) is 1.52. The normalized spacial score (nSPS) is 19.6. The van der Waals surface area contributed by atoms with Crippen LogP contribution < -0.4 is 10.9 Å². The highest BCUT2D eigenvalue weighted by Crippen LogP contribution is 2.29.